The van der Waals surface area contributed by atoms with Crippen LogP contribution in [-0.2, 0) is 0 Å². The number of benzene rings is 1. The second-order valence-electron chi connectivity index (χ2n) is 5.08. The van der Waals surface area contributed by atoms with Crippen molar-refractivity contribution in [3.05, 3.63) is 35.4 Å². The van der Waals surface area contributed by atoms with Crippen LogP contribution in [0.2, 0.25) is 0 Å². The highest BCUT2D eigenvalue weighted by molar-refractivity contribution is 6.21. The summed E-state index contributed by atoms with van der Waals surface area (Å²) in [5.74, 6) is -0.752. The van der Waals surface area contributed by atoms with Gasteiger partial charge in [-0.25, -0.2) is 0 Å². The zero-order valence-electron chi connectivity index (χ0n) is 10.3. The third-order valence-electron chi connectivity index (χ3n) is 3.95. The van der Waals surface area contributed by atoms with E-state index in [-0.39, 0.29) is 11.8 Å². The fraction of sp³-hybridized carbons (Fsp3) is 0.429. The van der Waals surface area contributed by atoms with Crippen LogP contribution in [0.1, 0.15) is 40.0 Å². The number of fused-ring (bicyclic) bond motifs is 1. The molecule has 19 heavy (non-hydrogen) atoms. The Balaban J connectivity index is 1.95. The molecule has 0 radical (unpaired) electrons. The second kappa shape index (κ2) is 4.43. The Bertz CT molecular complexity index is 507. The van der Waals surface area contributed by atoms with E-state index >= 15 is 0 Å². The highest BCUT2D eigenvalue weighted by Crippen LogP contribution is 2.31. The second-order valence-corrected chi connectivity index (χ2v) is 5.08. The lowest BCUT2D eigenvalue weighted by atomic mass is 9.89. The first-order valence-corrected chi connectivity index (χ1v) is 6.44. The Morgan fingerprint density at radius 3 is 2.16 bits per heavy atom. The largest absolute Gasteiger partial charge is 0.390 e. The number of aliphatic hydroxyl groups is 2. The maximum absolute atomic E-state index is 12.3. The topological polar surface area (TPSA) is 77.8 Å². The van der Waals surface area contributed by atoms with Gasteiger partial charge in [-0.1, -0.05) is 12.1 Å². The van der Waals surface area contributed by atoms with Crippen molar-refractivity contribution in [3.8, 4) is 0 Å². The van der Waals surface area contributed by atoms with E-state index < -0.39 is 18.2 Å². The Kier molecular flexibility index (Phi) is 2.88. The number of imide groups is 1. The molecule has 3 rings (SSSR count). The maximum Gasteiger partial charge on any atom is 0.261 e. The molecule has 1 heterocycles. The predicted molar refractivity (Wildman–Crippen MR) is 66.6 cm³/mol. The van der Waals surface area contributed by atoms with Gasteiger partial charge < -0.3 is 10.2 Å². The molecule has 0 spiro atoms. The fourth-order valence-corrected chi connectivity index (χ4v) is 2.92. The Morgan fingerprint density at radius 1 is 1.00 bits per heavy atom. The van der Waals surface area contributed by atoms with Crippen molar-refractivity contribution in [2.24, 2.45) is 0 Å². The molecule has 0 saturated heterocycles. The molecule has 1 fully saturated rings. The van der Waals surface area contributed by atoms with E-state index in [1.807, 2.05) is 0 Å². The summed E-state index contributed by atoms with van der Waals surface area (Å²) in [5.41, 5.74) is 0.750. The van der Waals surface area contributed by atoms with E-state index in [9.17, 15) is 19.8 Å². The molecule has 2 N–H and O–H groups in total. The maximum atomic E-state index is 12.3. The Hall–Kier alpha value is -1.72. The van der Waals surface area contributed by atoms with Gasteiger partial charge in [-0.3, -0.25) is 14.5 Å². The van der Waals surface area contributed by atoms with Crippen molar-refractivity contribution >= 4 is 11.8 Å². The molecule has 2 aliphatic rings. The fourth-order valence-electron chi connectivity index (χ4n) is 2.92. The van der Waals surface area contributed by atoms with Crippen molar-refractivity contribution < 1.29 is 19.8 Å². The van der Waals surface area contributed by atoms with Gasteiger partial charge in [0.1, 0.15) is 6.10 Å². The molecular formula is C14H15NO4. The Labute approximate surface area is 110 Å². The van der Waals surface area contributed by atoms with Gasteiger partial charge in [0.05, 0.1) is 23.3 Å². The predicted octanol–water partition coefficient (Wildman–Crippen LogP) is 0.557. The van der Waals surface area contributed by atoms with Crippen molar-refractivity contribution in [2.45, 2.75) is 37.5 Å². The first-order chi connectivity index (χ1) is 9.11. The standard InChI is InChI=1S/C14H15NO4/c16-11-7-3-6-10(12(11)17)15-13(18)8-4-1-2-5-9(8)14(15)19/h1-2,4-5,10-12,16-17H,3,6-7H2/t10-,11-,12+/m1/s1. The molecule has 1 aliphatic carbocycles. The first kappa shape index (κ1) is 12.3. The average molecular weight is 261 g/mol. The zero-order valence-corrected chi connectivity index (χ0v) is 10.3. The van der Waals surface area contributed by atoms with Crippen LogP contribution < -0.4 is 0 Å². The van der Waals surface area contributed by atoms with E-state index in [2.05, 4.69) is 0 Å². The average Bonchev–Trinajstić information content (AvgIpc) is 2.67. The number of hydrogen-bond acceptors (Lipinski definition) is 4. The Morgan fingerprint density at radius 2 is 1.58 bits per heavy atom. The van der Waals surface area contributed by atoms with Gasteiger partial charge in [-0.05, 0) is 31.4 Å². The van der Waals surface area contributed by atoms with E-state index in [4.69, 9.17) is 0 Å². The molecule has 3 atom stereocenters. The van der Waals surface area contributed by atoms with E-state index in [0.717, 1.165) is 4.90 Å². The van der Waals surface area contributed by atoms with Crippen LogP contribution in [-0.4, -0.2) is 45.2 Å². The van der Waals surface area contributed by atoms with Gasteiger partial charge in [-0.15, -0.1) is 0 Å². The minimum Gasteiger partial charge on any atom is -0.390 e. The summed E-state index contributed by atoms with van der Waals surface area (Å²) in [6.45, 7) is 0. The molecule has 1 aliphatic heterocycles. The van der Waals surface area contributed by atoms with Crippen molar-refractivity contribution in [3.63, 3.8) is 0 Å². The molecule has 1 saturated carbocycles. The number of rotatable bonds is 1. The van der Waals surface area contributed by atoms with Gasteiger partial charge in [0.25, 0.3) is 11.8 Å². The summed E-state index contributed by atoms with van der Waals surface area (Å²) in [6, 6.07) is 6.01. The lowest BCUT2D eigenvalue weighted by molar-refractivity contribution is -0.0506. The summed E-state index contributed by atoms with van der Waals surface area (Å²) in [7, 11) is 0. The van der Waals surface area contributed by atoms with E-state index in [1.54, 1.807) is 24.3 Å². The summed E-state index contributed by atoms with van der Waals surface area (Å²) >= 11 is 0. The summed E-state index contributed by atoms with van der Waals surface area (Å²) < 4.78 is 0. The summed E-state index contributed by atoms with van der Waals surface area (Å²) in [6.07, 6.45) is -0.208. The highest BCUT2D eigenvalue weighted by Gasteiger charge is 2.44. The van der Waals surface area contributed by atoms with Crippen LogP contribution >= 0.6 is 0 Å². The molecular weight excluding hydrogens is 246 g/mol. The van der Waals surface area contributed by atoms with E-state index in [0.29, 0.717) is 30.4 Å². The summed E-state index contributed by atoms with van der Waals surface area (Å²) in [4.78, 5) is 25.7. The number of carbonyl (C=O) groups is 2. The first-order valence-electron chi connectivity index (χ1n) is 6.44. The van der Waals surface area contributed by atoms with Gasteiger partial charge in [0.15, 0.2) is 0 Å². The number of carbonyl (C=O) groups excluding carboxylic acids is 2. The normalized spacial score (nSPS) is 30.6. The van der Waals surface area contributed by atoms with Crippen LogP contribution in [0.5, 0.6) is 0 Å². The lowest BCUT2D eigenvalue weighted by Crippen LogP contribution is -2.53. The minimum atomic E-state index is -1.06. The smallest absolute Gasteiger partial charge is 0.261 e. The SMILES string of the molecule is O=C1c2ccccc2C(=O)N1[C@@H]1CCC[C@@H](O)[C@H]1O. The van der Waals surface area contributed by atoms with Crippen molar-refractivity contribution in [1.82, 2.24) is 4.90 Å². The molecule has 100 valence electrons. The molecule has 5 heteroatoms. The van der Waals surface area contributed by atoms with E-state index in [1.165, 1.54) is 0 Å². The molecule has 2 amide bonds. The van der Waals surface area contributed by atoms with Crippen LogP contribution in [0, 0.1) is 0 Å². The zero-order chi connectivity index (χ0) is 13.6. The summed E-state index contributed by atoms with van der Waals surface area (Å²) in [5, 5.41) is 19.7. The van der Waals surface area contributed by atoms with Crippen LogP contribution in [0.25, 0.3) is 0 Å². The van der Waals surface area contributed by atoms with Crippen LogP contribution in [0.15, 0.2) is 24.3 Å². The number of hydrogen-bond donors (Lipinski definition) is 2. The van der Waals surface area contributed by atoms with Gasteiger partial charge in [0, 0.05) is 0 Å². The number of amides is 2. The number of aliphatic hydroxyl groups excluding tert-OH is 2. The van der Waals surface area contributed by atoms with Crippen LogP contribution in [0.3, 0.4) is 0 Å². The van der Waals surface area contributed by atoms with Crippen LogP contribution in [0.4, 0.5) is 0 Å². The molecule has 0 aromatic heterocycles. The molecule has 0 unspecified atom stereocenters. The van der Waals surface area contributed by atoms with Gasteiger partial charge in [0.2, 0.25) is 0 Å². The third-order valence-corrected chi connectivity index (χ3v) is 3.95. The monoisotopic (exact) mass is 261 g/mol. The molecule has 1 aromatic carbocycles. The van der Waals surface area contributed by atoms with Gasteiger partial charge >= 0.3 is 0 Å². The van der Waals surface area contributed by atoms with Crippen molar-refractivity contribution in [1.29, 1.82) is 0 Å². The van der Waals surface area contributed by atoms with Crippen molar-refractivity contribution in [2.75, 3.05) is 0 Å². The molecule has 5 nitrogen and oxygen atoms in total. The third kappa shape index (κ3) is 1.77. The minimum absolute atomic E-state index is 0.375. The highest BCUT2D eigenvalue weighted by atomic mass is 16.3. The quantitative estimate of drug-likeness (QED) is 0.724. The number of nitrogens with zero attached hydrogens (tertiary/aromatic N) is 1. The lowest BCUT2D eigenvalue weighted by Gasteiger charge is -2.36. The van der Waals surface area contributed by atoms with Gasteiger partial charge in [-0.2, -0.15) is 0 Å². The molecule has 0 bridgehead atoms. The molecule has 1 aromatic rings.